The molecule has 2 rings (SSSR count). The number of rotatable bonds is 5. The molecule has 0 radical (unpaired) electrons. The van der Waals surface area contributed by atoms with Crippen LogP contribution in [0.4, 0.5) is 0 Å². The summed E-state index contributed by atoms with van der Waals surface area (Å²) in [4.78, 5) is 4.20. The van der Waals surface area contributed by atoms with Crippen LogP contribution in [-0.2, 0) is 6.42 Å². The van der Waals surface area contributed by atoms with Crippen LogP contribution in [0.25, 0.3) is 11.3 Å². The van der Waals surface area contributed by atoms with Gasteiger partial charge in [-0.3, -0.25) is 4.98 Å². The maximum atomic E-state index is 9.21. The fraction of sp³-hybridized carbons (Fsp3) is 0.312. The lowest BCUT2D eigenvalue weighted by Gasteiger charge is -2.04. The minimum absolute atomic E-state index is 0.204. The van der Waals surface area contributed by atoms with Gasteiger partial charge in [0.05, 0.1) is 11.9 Å². The second kappa shape index (κ2) is 6.20. The van der Waals surface area contributed by atoms with E-state index >= 15 is 0 Å². The van der Waals surface area contributed by atoms with E-state index in [1.165, 1.54) is 31.0 Å². The molecule has 18 heavy (non-hydrogen) atoms. The number of pyridine rings is 1. The van der Waals surface area contributed by atoms with Crippen LogP contribution in [0.15, 0.2) is 42.6 Å². The van der Waals surface area contributed by atoms with E-state index in [2.05, 4.69) is 36.2 Å². The van der Waals surface area contributed by atoms with Gasteiger partial charge in [0.25, 0.3) is 0 Å². The molecule has 94 valence electrons. The predicted molar refractivity (Wildman–Crippen MR) is 74.6 cm³/mol. The highest BCUT2D eigenvalue weighted by Gasteiger charge is 2.00. The van der Waals surface area contributed by atoms with Crippen molar-refractivity contribution in [3.05, 3.63) is 48.2 Å². The first-order valence-corrected chi connectivity index (χ1v) is 6.54. The Morgan fingerprint density at radius 1 is 1.00 bits per heavy atom. The van der Waals surface area contributed by atoms with E-state index in [1.54, 1.807) is 6.07 Å². The van der Waals surface area contributed by atoms with Gasteiger partial charge in [-0.15, -0.1) is 0 Å². The van der Waals surface area contributed by atoms with Crippen LogP contribution in [0.1, 0.15) is 31.7 Å². The van der Waals surface area contributed by atoms with E-state index in [0.717, 1.165) is 17.7 Å². The van der Waals surface area contributed by atoms with Gasteiger partial charge in [0.2, 0.25) is 0 Å². The van der Waals surface area contributed by atoms with E-state index in [1.807, 2.05) is 6.07 Å². The summed E-state index contributed by atoms with van der Waals surface area (Å²) in [6.45, 7) is 2.22. The first-order valence-electron chi connectivity index (χ1n) is 6.54. The van der Waals surface area contributed by atoms with Crippen molar-refractivity contribution in [1.29, 1.82) is 0 Å². The number of aryl methyl sites for hydroxylation is 1. The van der Waals surface area contributed by atoms with Gasteiger partial charge in [0.15, 0.2) is 0 Å². The Bertz CT molecular complexity index is 473. The van der Waals surface area contributed by atoms with Gasteiger partial charge in [0.1, 0.15) is 5.75 Å². The van der Waals surface area contributed by atoms with Gasteiger partial charge in [-0.2, -0.15) is 0 Å². The summed E-state index contributed by atoms with van der Waals surface area (Å²) in [6, 6.07) is 12.0. The number of aromatic nitrogens is 1. The monoisotopic (exact) mass is 241 g/mol. The molecule has 0 saturated heterocycles. The first kappa shape index (κ1) is 12.6. The van der Waals surface area contributed by atoms with Crippen molar-refractivity contribution < 1.29 is 5.11 Å². The second-order valence-corrected chi connectivity index (χ2v) is 4.56. The topological polar surface area (TPSA) is 33.1 Å². The maximum absolute atomic E-state index is 9.21. The lowest BCUT2D eigenvalue weighted by Crippen LogP contribution is -1.87. The summed E-state index contributed by atoms with van der Waals surface area (Å²) in [5, 5.41) is 9.21. The molecule has 0 spiro atoms. The molecule has 0 fully saturated rings. The molecule has 0 saturated carbocycles. The van der Waals surface area contributed by atoms with Crippen molar-refractivity contribution in [1.82, 2.24) is 4.98 Å². The number of unbranched alkanes of at least 4 members (excludes halogenated alkanes) is 2. The number of benzene rings is 1. The largest absolute Gasteiger partial charge is 0.506 e. The molecular weight excluding hydrogens is 222 g/mol. The van der Waals surface area contributed by atoms with Crippen LogP contribution in [0.5, 0.6) is 5.75 Å². The summed E-state index contributed by atoms with van der Waals surface area (Å²) < 4.78 is 0. The van der Waals surface area contributed by atoms with E-state index in [9.17, 15) is 5.11 Å². The lowest BCUT2D eigenvalue weighted by molar-refractivity contribution is 0.473. The first-order chi connectivity index (χ1) is 8.79. The SMILES string of the molecule is CCCCCc1ccc(-c2ccc(O)cn2)cc1. The molecule has 0 amide bonds. The average molecular weight is 241 g/mol. The highest BCUT2D eigenvalue weighted by molar-refractivity contribution is 5.59. The molecular formula is C16H19NO. The molecule has 1 aromatic carbocycles. The summed E-state index contributed by atoms with van der Waals surface area (Å²) in [5.41, 5.74) is 3.37. The molecule has 2 nitrogen and oxygen atoms in total. The summed E-state index contributed by atoms with van der Waals surface area (Å²) in [7, 11) is 0. The molecule has 0 aliphatic rings. The van der Waals surface area contributed by atoms with Crippen LogP contribution < -0.4 is 0 Å². The number of aromatic hydroxyl groups is 1. The number of hydrogen-bond donors (Lipinski definition) is 1. The Morgan fingerprint density at radius 2 is 1.78 bits per heavy atom. The van der Waals surface area contributed by atoms with Crippen molar-refractivity contribution in [3.8, 4) is 17.0 Å². The van der Waals surface area contributed by atoms with Crippen molar-refractivity contribution in [2.45, 2.75) is 32.6 Å². The van der Waals surface area contributed by atoms with Crippen molar-refractivity contribution in [3.63, 3.8) is 0 Å². The molecule has 0 atom stereocenters. The zero-order chi connectivity index (χ0) is 12.8. The van der Waals surface area contributed by atoms with Gasteiger partial charge in [-0.1, -0.05) is 44.0 Å². The summed E-state index contributed by atoms with van der Waals surface area (Å²) >= 11 is 0. The van der Waals surface area contributed by atoms with Gasteiger partial charge < -0.3 is 5.11 Å². The van der Waals surface area contributed by atoms with Crippen molar-refractivity contribution in [2.24, 2.45) is 0 Å². The van der Waals surface area contributed by atoms with Gasteiger partial charge in [0, 0.05) is 5.56 Å². The van der Waals surface area contributed by atoms with E-state index < -0.39 is 0 Å². The maximum Gasteiger partial charge on any atom is 0.133 e. The van der Waals surface area contributed by atoms with Crippen LogP contribution in [-0.4, -0.2) is 10.1 Å². The predicted octanol–water partition coefficient (Wildman–Crippen LogP) is 4.19. The summed E-state index contributed by atoms with van der Waals surface area (Å²) in [6.07, 6.45) is 6.44. The zero-order valence-electron chi connectivity index (χ0n) is 10.8. The smallest absolute Gasteiger partial charge is 0.133 e. The van der Waals surface area contributed by atoms with E-state index in [4.69, 9.17) is 0 Å². The standard InChI is InChI=1S/C16H19NO/c1-2-3-4-5-13-6-8-14(9-7-13)16-11-10-15(18)12-17-16/h6-12,18H,2-5H2,1H3. The van der Waals surface area contributed by atoms with Crippen LogP contribution in [0, 0.1) is 0 Å². The van der Waals surface area contributed by atoms with E-state index in [-0.39, 0.29) is 5.75 Å². The molecule has 0 unspecified atom stereocenters. The zero-order valence-corrected chi connectivity index (χ0v) is 10.8. The minimum Gasteiger partial charge on any atom is -0.506 e. The van der Waals surface area contributed by atoms with E-state index in [0.29, 0.717) is 0 Å². The molecule has 0 aliphatic heterocycles. The highest BCUT2D eigenvalue weighted by Crippen LogP contribution is 2.20. The number of nitrogens with zero attached hydrogens (tertiary/aromatic N) is 1. The third-order valence-corrected chi connectivity index (χ3v) is 3.07. The highest BCUT2D eigenvalue weighted by atomic mass is 16.3. The Kier molecular flexibility index (Phi) is 4.35. The Hall–Kier alpha value is -1.83. The molecule has 1 N–H and O–H groups in total. The molecule has 1 heterocycles. The van der Waals surface area contributed by atoms with Crippen molar-refractivity contribution in [2.75, 3.05) is 0 Å². The quantitative estimate of drug-likeness (QED) is 0.796. The molecule has 2 heteroatoms. The van der Waals surface area contributed by atoms with Crippen LogP contribution in [0.2, 0.25) is 0 Å². The van der Waals surface area contributed by atoms with Crippen LogP contribution >= 0.6 is 0 Å². The molecule has 2 aromatic rings. The lowest BCUT2D eigenvalue weighted by atomic mass is 10.0. The third-order valence-electron chi connectivity index (χ3n) is 3.07. The Balaban J connectivity index is 2.05. The fourth-order valence-electron chi connectivity index (χ4n) is 1.98. The Morgan fingerprint density at radius 3 is 2.39 bits per heavy atom. The molecule has 1 aromatic heterocycles. The third kappa shape index (κ3) is 3.33. The van der Waals surface area contributed by atoms with Crippen LogP contribution in [0.3, 0.4) is 0 Å². The average Bonchev–Trinajstić information content (AvgIpc) is 2.41. The molecule has 0 aliphatic carbocycles. The fourth-order valence-corrected chi connectivity index (χ4v) is 1.98. The second-order valence-electron chi connectivity index (χ2n) is 4.56. The molecule has 0 bridgehead atoms. The van der Waals surface area contributed by atoms with Gasteiger partial charge in [-0.25, -0.2) is 0 Å². The van der Waals surface area contributed by atoms with Gasteiger partial charge in [-0.05, 0) is 30.5 Å². The summed E-state index contributed by atoms with van der Waals surface area (Å²) in [5.74, 6) is 0.204. The minimum atomic E-state index is 0.204. The van der Waals surface area contributed by atoms with Crippen molar-refractivity contribution >= 4 is 0 Å². The van der Waals surface area contributed by atoms with Gasteiger partial charge >= 0.3 is 0 Å². The number of hydrogen-bond acceptors (Lipinski definition) is 2. The normalized spacial score (nSPS) is 10.5. The Labute approximate surface area is 108 Å².